The third-order valence-electron chi connectivity index (χ3n) is 4.71. The van der Waals surface area contributed by atoms with Crippen LogP contribution in [-0.2, 0) is 9.53 Å². The minimum atomic E-state index is -0.480. The zero-order valence-electron chi connectivity index (χ0n) is 15.2. The van der Waals surface area contributed by atoms with Gasteiger partial charge in [0.15, 0.2) is 0 Å². The van der Waals surface area contributed by atoms with Gasteiger partial charge in [-0.1, -0.05) is 6.07 Å². The standard InChI is InChI=1S/C18H25N3O5/c1-13-15(5-3-6-16(13)21(24)25)18(23)20-10-7-14(8-11-20)17(22)19-9-4-12-26-2/h3,5-6,14H,4,7-12H2,1-2H3,(H,19,22). The number of hydrogen-bond donors (Lipinski definition) is 1. The summed E-state index contributed by atoms with van der Waals surface area (Å²) >= 11 is 0. The van der Waals surface area contributed by atoms with E-state index < -0.39 is 4.92 Å². The normalized spacial score (nSPS) is 14.9. The summed E-state index contributed by atoms with van der Waals surface area (Å²) < 4.78 is 4.95. The molecular formula is C18H25N3O5. The van der Waals surface area contributed by atoms with E-state index in [1.807, 2.05) is 0 Å². The van der Waals surface area contributed by atoms with Crippen molar-refractivity contribution in [1.29, 1.82) is 0 Å². The highest BCUT2D eigenvalue weighted by Gasteiger charge is 2.29. The molecule has 0 atom stereocenters. The van der Waals surface area contributed by atoms with Gasteiger partial charge in [-0.05, 0) is 32.3 Å². The first-order valence-electron chi connectivity index (χ1n) is 8.75. The van der Waals surface area contributed by atoms with Crippen LogP contribution in [0.3, 0.4) is 0 Å². The molecule has 0 radical (unpaired) electrons. The van der Waals surface area contributed by atoms with Crippen molar-refractivity contribution in [2.75, 3.05) is 33.4 Å². The minimum Gasteiger partial charge on any atom is -0.385 e. The number of amides is 2. The van der Waals surface area contributed by atoms with Crippen LogP contribution < -0.4 is 5.32 Å². The average molecular weight is 363 g/mol. The van der Waals surface area contributed by atoms with Crippen molar-refractivity contribution in [3.05, 3.63) is 39.4 Å². The Hall–Kier alpha value is -2.48. The quantitative estimate of drug-likeness (QED) is 0.453. The number of methoxy groups -OCH3 is 1. The number of nitro groups is 1. The van der Waals surface area contributed by atoms with Crippen molar-refractivity contribution >= 4 is 17.5 Å². The van der Waals surface area contributed by atoms with Gasteiger partial charge in [-0.2, -0.15) is 0 Å². The Labute approximate surface area is 152 Å². The van der Waals surface area contributed by atoms with Crippen molar-refractivity contribution in [2.45, 2.75) is 26.2 Å². The van der Waals surface area contributed by atoms with E-state index in [2.05, 4.69) is 5.32 Å². The Morgan fingerprint density at radius 3 is 2.65 bits per heavy atom. The number of piperidine rings is 1. The van der Waals surface area contributed by atoms with E-state index in [-0.39, 0.29) is 23.4 Å². The number of likely N-dealkylation sites (tertiary alicyclic amines) is 1. The summed E-state index contributed by atoms with van der Waals surface area (Å²) in [5.41, 5.74) is 0.670. The summed E-state index contributed by atoms with van der Waals surface area (Å²) in [5.74, 6) is -0.308. The van der Waals surface area contributed by atoms with E-state index in [0.717, 1.165) is 6.42 Å². The number of nitrogens with zero attached hydrogens (tertiary/aromatic N) is 2. The molecule has 1 aromatic rings. The van der Waals surface area contributed by atoms with E-state index in [1.54, 1.807) is 25.0 Å². The van der Waals surface area contributed by atoms with E-state index in [4.69, 9.17) is 4.74 Å². The number of rotatable bonds is 7. The van der Waals surface area contributed by atoms with Gasteiger partial charge >= 0.3 is 0 Å². The molecule has 0 spiro atoms. The van der Waals surface area contributed by atoms with Crippen molar-refractivity contribution in [2.24, 2.45) is 5.92 Å². The first-order valence-corrected chi connectivity index (χ1v) is 8.75. The molecule has 2 amide bonds. The fourth-order valence-electron chi connectivity index (χ4n) is 3.14. The molecule has 1 heterocycles. The van der Waals surface area contributed by atoms with Gasteiger partial charge in [-0.25, -0.2) is 0 Å². The second-order valence-electron chi connectivity index (χ2n) is 6.41. The van der Waals surface area contributed by atoms with Crippen molar-refractivity contribution in [3.63, 3.8) is 0 Å². The zero-order chi connectivity index (χ0) is 19.1. The van der Waals surface area contributed by atoms with E-state index >= 15 is 0 Å². The summed E-state index contributed by atoms with van der Waals surface area (Å²) in [6.07, 6.45) is 1.96. The smallest absolute Gasteiger partial charge is 0.273 e. The Bertz CT molecular complexity index is 669. The summed E-state index contributed by atoms with van der Waals surface area (Å²) in [4.78, 5) is 37.1. The summed E-state index contributed by atoms with van der Waals surface area (Å²) in [5, 5.41) is 13.9. The lowest BCUT2D eigenvalue weighted by atomic mass is 9.95. The highest BCUT2D eigenvalue weighted by Crippen LogP contribution is 2.24. The predicted octanol–water partition coefficient (Wildman–Crippen LogP) is 1.91. The number of carbonyl (C=O) groups excluding carboxylic acids is 2. The zero-order valence-corrected chi connectivity index (χ0v) is 15.2. The van der Waals surface area contributed by atoms with Crippen LogP contribution in [0.5, 0.6) is 0 Å². The number of ether oxygens (including phenoxy) is 1. The first-order chi connectivity index (χ1) is 12.5. The molecule has 0 unspecified atom stereocenters. The van der Waals surface area contributed by atoms with Crippen LogP contribution in [0.25, 0.3) is 0 Å². The lowest BCUT2D eigenvalue weighted by Crippen LogP contribution is -2.43. The van der Waals surface area contributed by atoms with Crippen molar-refractivity contribution in [1.82, 2.24) is 10.2 Å². The Balaban J connectivity index is 1.92. The molecule has 0 aliphatic carbocycles. The van der Waals surface area contributed by atoms with Gasteiger partial charge in [0.2, 0.25) is 5.91 Å². The van der Waals surface area contributed by atoms with Gasteiger partial charge in [0, 0.05) is 56.5 Å². The fraction of sp³-hybridized carbons (Fsp3) is 0.556. The molecular weight excluding hydrogens is 338 g/mol. The van der Waals surface area contributed by atoms with Crippen LogP contribution >= 0.6 is 0 Å². The molecule has 1 aliphatic heterocycles. The van der Waals surface area contributed by atoms with Crippen LogP contribution in [-0.4, -0.2) is 55.0 Å². The topological polar surface area (TPSA) is 102 Å². The molecule has 1 aliphatic rings. The van der Waals surface area contributed by atoms with Crippen LogP contribution in [0.4, 0.5) is 5.69 Å². The van der Waals surface area contributed by atoms with E-state index in [1.165, 1.54) is 12.1 Å². The van der Waals surface area contributed by atoms with Gasteiger partial charge < -0.3 is 15.0 Å². The number of benzene rings is 1. The summed E-state index contributed by atoms with van der Waals surface area (Å²) in [6.45, 7) is 3.72. The molecule has 1 fully saturated rings. The maximum Gasteiger partial charge on any atom is 0.273 e. The van der Waals surface area contributed by atoms with Gasteiger partial charge in [0.1, 0.15) is 0 Å². The van der Waals surface area contributed by atoms with Crippen molar-refractivity contribution < 1.29 is 19.2 Å². The highest BCUT2D eigenvalue weighted by molar-refractivity contribution is 5.96. The molecule has 1 N–H and O–H groups in total. The van der Waals surface area contributed by atoms with Gasteiger partial charge in [0.05, 0.1) is 4.92 Å². The number of nitro benzene ring substituents is 1. The molecule has 8 nitrogen and oxygen atoms in total. The SMILES string of the molecule is COCCCNC(=O)C1CCN(C(=O)c2cccc([N+](=O)[O-])c2C)CC1. The minimum absolute atomic E-state index is 0.0136. The molecule has 1 aromatic carbocycles. The fourth-order valence-corrected chi connectivity index (χ4v) is 3.14. The Morgan fingerprint density at radius 2 is 2.04 bits per heavy atom. The van der Waals surface area contributed by atoms with Gasteiger partial charge in [-0.3, -0.25) is 19.7 Å². The third kappa shape index (κ3) is 4.78. The lowest BCUT2D eigenvalue weighted by Gasteiger charge is -2.31. The van der Waals surface area contributed by atoms with E-state index in [9.17, 15) is 19.7 Å². The van der Waals surface area contributed by atoms with Crippen molar-refractivity contribution in [3.8, 4) is 0 Å². The van der Waals surface area contributed by atoms with Crippen LogP contribution in [0.15, 0.2) is 18.2 Å². The monoisotopic (exact) mass is 363 g/mol. The molecule has 26 heavy (non-hydrogen) atoms. The maximum atomic E-state index is 12.7. The molecule has 0 aromatic heterocycles. The third-order valence-corrected chi connectivity index (χ3v) is 4.71. The van der Waals surface area contributed by atoms with Crippen LogP contribution in [0.2, 0.25) is 0 Å². The first kappa shape index (κ1) is 19.8. The Kier molecular flexibility index (Phi) is 7.08. The maximum absolute atomic E-state index is 12.7. The second-order valence-corrected chi connectivity index (χ2v) is 6.41. The summed E-state index contributed by atoms with van der Waals surface area (Å²) in [6, 6.07) is 4.53. The largest absolute Gasteiger partial charge is 0.385 e. The lowest BCUT2D eigenvalue weighted by molar-refractivity contribution is -0.385. The Morgan fingerprint density at radius 1 is 1.35 bits per heavy atom. The van der Waals surface area contributed by atoms with Gasteiger partial charge in [-0.15, -0.1) is 0 Å². The number of hydrogen-bond acceptors (Lipinski definition) is 5. The van der Waals surface area contributed by atoms with Crippen LogP contribution in [0.1, 0.15) is 35.2 Å². The number of nitrogens with one attached hydrogen (secondary N) is 1. The predicted molar refractivity (Wildman–Crippen MR) is 96.0 cm³/mol. The molecule has 8 heteroatoms. The molecule has 2 rings (SSSR count). The molecule has 142 valence electrons. The van der Waals surface area contributed by atoms with E-state index in [0.29, 0.717) is 50.2 Å². The van der Waals surface area contributed by atoms with Crippen LogP contribution in [0, 0.1) is 23.0 Å². The highest BCUT2D eigenvalue weighted by atomic mass is 16.6. The second kappa shape index (κ2) is 9.28. The molecule has 0 bridgehead atoms. The average Bonchev–Trinajstić information content (AvgIpc) is 2.64. The summed E-state index contributed by atoms with van der Waals surface area (Å²) in [7, 11) is 1.62. The molecule has 1 saturated heterocycles. The number of carbonyl (C=O) groups is 2. The molecule has 0 saturated carbocycles. The van der Waals surface area contributed by atoms with Gasteiger partial charge in [0.25, 0.3) is 11.6 Å².